The number of amides is 3. The van der Waals surface area contributed by atoms with Gasteiger partial charge in [-0.05, 0) is 56.8 Å². The molecule has 25 heavy (non-hydrogen) atoms. The Morgan fingerprint density at radius 3 is 2.32 bits per heavy atom. The SMILES string of the molecule is CC(NC(=O)CCN1C(=O)C2CCCCC2C1=O)C1CC2CCC1C2. The van der Waals surface area contributed by atoms with Crippen molar-refractivity contribution in [2.24, 2.45) is 29.6 Å². The molecule has 0 spiro atoms. The van der Waals surface area contributed by atoms with Crippen LogP contribution in [0.4, 0.5) is 0 Å². The minimum atomic E-state index is -0.114. The lowest BCUT2D eigenvalue weighted by atomic mass is 9.81. The average molecular weight is 346 g/mol. The maximum atomic E-state index is 12.5. The van der Waals surface area contributed by atoms with Gasteiger partial charge >= 0.3 is 0 Å². The maximum Gasteiger partial charge on any atom is 0.233 e. The molecule has 4 fully saturated rings. The molecule has 0 aromatic heterocycles. The molecule has 2 bridgehead atoms. The first-order valence-electron chi connectivity index (χ1n) is 10.2. The van der Waals surface area contributed by atoms with Crippen molar-refractivity contribution in [3.63, 3.8) is 0 Å². The number of imide groups is 1. The molecule has 3 saturated carbocycles. The van der Waals surface area contributed by atoms with Crippen LogP contribution in [0.15, 0.2) is 0 Å². The molecule has 0 aromatic carbocycles. The molecular formula is C20H30N2O3. The second kappa shape index (κ2) is 6.73. The van der Waals surface area contributed by atoms with Crippen LogP contribution in [0.2, 0.25) is 0 Å². The minimum absolute atomic E-state index is 0.0225. The summed E-state index contributed by atoms with van der Waals surface area (Å²) in [6.45, 7) is 2.37. The highest BCUT2D eigenvalue weighted by Crippen LogP contribution is 2.49. The molecule has 0 radical (unpaired) electrons. The van der Waals surface area contributed by atoms with Crippen molar-refractivity contribution >= 4 is 17.7 Å². The van der Waals surface area contributed by atoms with Crippen molar-refractivity contribution in [3.8, 4) is 0 Å². The van der Waals surface area contributed by atoms with Crippen LogP contribution >= 0.6 is 0 Å². The lowest BCUT2D eigenvalue weighted by molar-refractivity contribution is -0.140. The van der Waals surface area contributed by atoms with Crippen LogP contribution < -0.4 is 5.32 Å². The summed E-state index contributed by atoms with van der Waals surface area (Å²) >= 11 is 0. The third-order valence-electron chi connectivity index (χ3n) is 7.32. The Morgan fingerprint density at radius 1 is 1.08 bits per heavy atom. The third-order valence-corrected chi connectivity index (χ3v) is 7.32. The van der Waals surface area contributed by atoms with E-state index < -0.39 is 0 Å². The van der Waals surface area contributed by atoms with Crippen molar-refractivity contribution in [3.05, 3.63) is 0 Å². The van der Waals surface area contributed by atoms with Gasteiger partial charge in [-0.2, -0.15) is 0 Å². The van der Waals surface area contributed by atoms with Gasteiger partial charge in [0.05, 0.1) is 11.8 Å². The second-order valence-corrected chi connectivity index (χ2v) is 8.77. The van der Waals surface area contributed by atoms with Crippen LogP contribution in [-0.4, -0.2) is 35.2 Å². The Bertz CT molecular complexity index is 551. The predicted octanol–water partition coefficient (Wildman–Crippen LogP) is 2.49. The van der Waals surface area contributed by atoms with Gasteiger partial charge in [0, 0.05) is 19.0 Å². The number of carbonyl (C=O) groups is 3. The van der Waals surface area contributed by atoms with E-state index in [-0.39, 0.29) is 48.6 Å². The van der Waals surface area contributed by atoms with Crippen molar-refractivity contribution in [2.45, 2.75) is 70.8 Å². The monoisotopic (exact) mass is 346 g/mol. The zero-order valence-electron chi connectivity index (χ0n) is 15.2. The van der Waals surface area contributed by atoms with Gasteiger partial charge in [-0.15, -0.1) is 0 Å². The molecule has 1 N–H and O–H groups in total. The van der Waals surface area contributed by atoms with Gasteiger partial charge in [0.1, 0.15) is 0 Å². The first-order chi connectivity index (χ1) is 12.0. The van der Waals surface area contributed by atoms with E-state index in [4.69, 9.17) is 0 Å². The van der Waals surface area contributed by atoms with Gasteiger partial charge in [-0.1, -0.05) is 19.3 Å². The Morgan fingerprint density at radius 2 is 1.76 bits per heavy atom. The summed E-state index contributed by atoms with van der Waals surface area (Å²) in [5, 5.41) is 3.13. The number of likely N-dealkylation sites (tertiary alicyclic amines) is 1. The van der Waals surface area contributed by atoms with Crippen LogP contribution in [0.5, 0.6) is 0 Å². The molecule has 6 unspecified atom stereocenters. The fraction of sp³-hybridized carbons (Fsp3) is 0.850. The summed E-state index contributed by atoms with van der Waals surface area (Å²) in [4.78, 5) is 38.6. The van der Waals surface area contributed by atoms with Crippen LogP contribution in [0.3, 0.4) is 0 Å². The molecule has 3 amide bonds. The Hall–Kier alpha value is -1.39. The molecule has 6 atom stereocenters. The number of hydrogen-bond donors (Lipinski definition) is 1. The summed E-state index contributed by atoms with van der Waals surface area (Å²) in [5.74, 6) is 1.94. The molecule has 5 heteroatoms. The van der Waals surface area contributed by atoms with Crippen LogP contribution in [0, 0.1) is 29.6 Å². The molecule has 0 aromatic rings. The zero-order valence-corrected chi connectivity index (χ0v) is 15.2. The average Bonchev–Trinajstić information content (AvgIpc) is 3.29. The van der Waals surface area contributed by atoms with E-state index in [2.05, 4.69) is 12.2 Å². The molecule has 4 aliphatic rings. The summed E-state index contributed by atoms with van der Waals surface area (Å²) in [6.07, 6.45) is 9.24. The van der Waals surface area contributed by atoms with Gasteiger partial charge in [0.2, 0.25) is 17.7 Å². The molecule has 1 saturated heterocycles. The van der Waals surface area contributed by atoms with Gasteiger partial charge in [-0.3, -0.25) is 19.3 Å². The van der Waals surface area contributed by atoms with E-state index in [0.29, 0.717) is 5.92 Å². The molecule has 1 heterocycles. The summed E-state index contributed by atoms with van der Waals surface area (Å²) in [7, 11) is 0. The van der Waals surface area contributed by atoms with E-state index in [1.165, 1.54) is 30.6 Å². The van der Waals surface area contributed by atoms with Crippen molar-refractivity contribution in [2.75, 3.05) is 6.54 Å². The molecule has 3 aliphatic carbocycles. The molecular weight excluding hydrogens is 316 g/mol. The smallest absolute Gasteiger partial charge is 0.233 e. The number of carbonyl (C=O) groups excluding carboxylic acids is 3. The largest absolute Gasteiger partial charge is 0.353 e. The standard InChI is InChI=1S/C20H30N2O3/c1-12(17-11-13-6-7-14(17)10-13)21-18(23)8-9-22-19(24)15-4-2-3-5-16(15)20(22)25/h12-17H,2-11H2,1H3,(H,21,23). The van der Waals surface area contributed by atoms with Gasteiger partial charge in [0.15, 0.2) is 0 Å². The van der Waals surface area contributed by atoms with E-state index in [1.807, 2.05) is 0 Å². The fourth-order valence-electron chi connectivity index (χ4n) is 6.00. The highest BCUT2D eigenvalue weighted by Gasteiger charge is 2.48. The minimum Gasteiger partial charge on any atom is -0.353 e. The van der Waals surface area contributed by atoms with Gasteiger partial charge in [-0.25, -0.2) is 0 Å². The van der Waals surface area contributed by atoms with E-state index in [9.17, 15) is 14.4 Å². The van der Waals surface area contributed by atoms with Crippen molar-refractivity contribution < 1.29 is 14.4 Å². The number of rotatable bonds is 5. The Kier molecular flexibility index (Phi) is 4.59. The zero-order chi connectivity index (χ0) is 17.6. The first-order valence-corrected chi connectivity index (χ1v) is 10.2. The summed E-state index contributed by atoms with van der Waals surface area (Å²) < 4.78 is 0. The van der Waals surface area contributed by atoms with Crippen molar-refractivity contribution in [1.29, 1.82) is 0 Å². The number of nitrogens with zero attached hydrogens (tertiary/aromatic N) is 1. The van der Waals surface area contributed by atoms with Gasteiger partial charge in [0.25, 0.3) is 0 Å². The molecule has 1 aliphatic heterocycles. The van der Waals surface area contributed by atoms with Crippen LogP contribution in [0.25, 0.3) is 0 Å². The highest BCUT2D eigenvalue weighted by molar-refractivity contribution is 6.05. The van der Waals surface area contributed by atoms with Crippen LogP contribution in [-0.2, 0) is 14.4 Å². The molecule has 5 nitrogen and oxygen atoms in total. The molecule has 138 valence electrons. The van der Waals surface area contributed by atoms with E-state index in [1.54, 1.807) is 0 Å². The lowest BCUT2D eigenvalue weighted by Crippen LogP contribution is -2.42. The number of fused-ring (bicyclic) bond motifs is 3. The lowest BCUT2D eigenvalue weighted by Gasteiger charge is -2.28. The van der Waals surface area contributed by atoms with Gasteiger partial charge < -0.3 is 5.32 Å². The third kappa shape index (κ3) is 3.11. The normalized spacial score (nSPS) is 38.1. The quantitative estimate of drug-likeness (QED) is 0.778. The van der Waals surface area contributed by atoms with E-state index >= 15 is 0 Å². The van der Waals surface area contributed by atoms with E-state index in [0.717, 1.165) is 37.5 Å². The predicted molar refractivity (Wildman–Crippen MR) is 93.3 cm³/mol. The molecule has 4 rings (SSSR count). The Labute approximate surface area is 149 Å². The topological polar surface area (TPSA) is 66.5 Å². The number of hydrogen-bond acceptors (Lipinski definition) is 3. The Balaban J connectivity index is 1.27. The first kappa shape index (κ1) is 17.0. The van der Waals surface area contributed by atoms with Crippen molar-refractivity contribution in [1.82, 2.24) is 10.2 Å². The highest BCUT2D eigenvalue weighted by atomic mass is 16.2. The van der Waals surface area contributed by atoms with Crippen LogP contribution in [0.1, 0.15) is 64.7 Å². The summed E-state index contributed by atoms with van der Waals surface area (Å²) in [6, 6.07) is 0.204. The second-order valence-electron chi connectivity index (χ2n) is 8.77. The maximum absolute atomic E-state index is 12.5. The number of nitrogens with one attached hydrogen (secondary N) is 1. The fourth-order valence-corrected chi connectivity index (χ4v) is 6.00. The summed E-state index contributed by atoms with van der Waals surface area (Å²) in [5.41, 5.74) is 0.